The van der Waals surface area contributed by atoms with Crippen molar-refractivity contribution in [2.75, 3.05) is 10.6 Å². The van der Waals surface area contributed by atoms with E-state index in [-0.39, 0.29) is 11.6 Å². The van der Waals surface area contributed by atoms with Crippen LogP contribution in [0, 0.1) is 10.1 Å². The highest BCUT2D eigenvalue weighted by molar-refractivity contribution is 9.10. The molecule has 0 unspecified atom stereocenters. The minimum Gasteiger partial charge on any atom is -0.322 e. The van der Waals surface area contributed by atoms with Gasteiger partial charge in [-0.2, -0.15) is 0 Å². The fourth-order valence-corrected chi connectivity index (χ4v) is 2.67. The molecule has 3 aromatic rings. The zero-order chi connectivity index (χ0) is 21.5. The van der Waals surface area contributed by atoms with Gasteiger partial charge in [0.05, 0.1) is 4.92 Å². The van der Waals surface area contributed by atoms with Crippen LogP contribution in [0.5, 0.6) is 0 Å². The van der Waals surface area contributed by atoms with Crippen molar-refractivity contribution >= 4 is 51.0 Å². The van der Waals surface area contributed by atoms with Crippen LogP contribution in [0.1, 0.15) is 15.9 Å². The van der Waals surface area contributed by atoms with Crippen LogP contribution in [0.3, 0.4) is 0 Å². The molecule has 2 aromatic carbocycles. The predicted octanol–water partition coefficient (Wildman–Crippen LogP) is 4.66. The minimum absolute atomic E-state index is 0.0231. The summed E-state index contributed by atoms with van der Waals surface area (Å²) in [4.78, 5) is 38.8. The van der Waals surface area contributed by atoms with Gasteiger partial charge in [0.15, 0.2) is 0 Å². The quantitative estimate of drug-likeness (QED) is 0.311. The molecule has 1 heterocycles. The summed E-state index contributed by atoms with van der Waals surface area (Å²) >= 11 is 3.28. The summed E-state index contributed by atoms with van der Waals surface area (Å²) in [6.45, 7) is 0. The lowest BCUT2D eigenvalue weighted by Crippen LogP contribution is -2.14. The number of nitro benzene ring substituents is 1. The molecule has 2 amide bonds. The molecule has 0 aliphatic heterocycles. The van der Waals surface area contributed by atoms with E-state index in [1.165, 1.54) is 24.3 Å². The summed E-state index contributed by atoms with van der Waals surface area (Å²) in [5.41, 5.74) is 1.43. The van der Waals surface area contributed by atoms with Crippen LogP contribution in [0.15, 0.2) is 77.4 Å². The van der Waals surface area contributed by atoms with Crippen LogP contribution in [0.2, 0.25) is 0 Å². The molecule has 0 radical (unpaired) electrons. The predicted molar refractivity (Wildman–Crippen MR) is 117 cm³/mol. The van der Waals surface area contributed by atoms with E-state index in [2.05, 4.69) is 31.5 Å². The number of non-ortho nitro benzene ring substituents is 1. The van der Waals surface area contributed by atoms with Crippen molar-refractivity contribution in [2.24, 2.45) is 0 Å². The summed E-state index contributed by atoms with van der Waals surface area (Å²) in [6, 6.07) is 15.7. The van der Waals surface area contributed by atoms with Gasteiger partial charge >= 0.3 is 0 Å². The molecule has 0 saturated carbocycles. The Labute approximate surface area is 179 Å². The molecule has 150 valence electrons. The summed E-state index contributed by atoms with van der Waals surface area (Å²) in [5.74, 6) is -0.355. The number of benzene rings is 2. The van der Waals surface area contributed by atoms with E-state index >= 15 is 0 Å². The van der Waals surface area contributed by atoms with Crippen molar-refractivity contribution in [2.45, 2.75) is 0 Å². The minimum atomic E-state index is -0.490. The normalized spacial score (nSPS) is 10.6. The second-order valence-electron chi connectivity index (χ2n) is 6.07. The van der Waals surface area contributed by atoms with E-state index in [9.17, 15) is 19.7 Å². The zero-order valence-corrected chi connectivity index (χ0v) is 17.0. The van der Waals surface area contributed by atoms with Gasteiger partial charge in [-0.15, -0.1) is 0 Å². The number of aromatic nitrogens is 1. The Morgan fingerprint density at radius 1 is 1.03 bits per heavy atom. The van der Waals surface area contributed by atoms with Crippen LogP contribution >= 0.6 is 15.9 Å². The molecule has 8 nitrogen and oxygen atoms in total. The summed E-state index contributed by atoms with van der Waals surface area (Å²) in [5, 5.41) is 16.0. The van der Waals surface area contributed by atoms with Crippen molar-refractivity contribution < 1.29 is 14.5 Å². The van der Waals surface area contributed by atoms with Crippen molar-refractivity contribution in [3.63, 3.8) is 0 Å². The highest BCUT2D eigenvalue weighted by atomic mass is 79.9. The van der Waals surface area contributed by atoms with Gasteiger partial charge in [0, 0.05) is 40.1 Å². The highest BCUT2D eigenvalue weighted by Crippen LogP contribution is 2.15. The van der Waals surface area contributed by atoms with Gasteiger partial charge in [-0.25, -0.2) is 4.98 Å². The van der Waals surface area contributed by atoms with E-state index in [0.717, 1.165) is 4.47 Å². The average molecular weight is 467 g/mol. The number of hydrogen-bond donors (Lipinski definition) is 2. The SMILES string of the molecule is O=C(/C=C/c1ccc([N+](=O)[O-])cc1)Nc1cccc(C(=O)Nc2ccc(Br)cn2)c1. The first-order valence-electron chi connectivity index (χ1n) is 8.67. The van der Waals surface area contributed by atoms with Crippen molar-refractivity contribution in [3.8, 4) is 0 Å². The smallest absolute Gasteiger partial charge is 0.269 e. The Morgan fingerprint density at radius 3 is 2.47 bits per heavy atom. The molecular weight excluding hydrogens is 452 g/mol. The topological polar surface area (TPSA) is 114 Å². The number of nitrogens with zero attached hydrogens (tertiary/aromatic N) is 2. The number of carbonyl (C=O) groups excluding carboxylic acids is 2. The number of halogens is 1. The van der Waals surface area contributed by atoms with E-state index in [0.29, 0.717) is 22.6 Å². The number of hydrogen-bond acceptors (Lipinski definition) is 5. The second-order valence-corrected chi connectivity index (χ2v) is 6.98. The van der Waals surface area contributed by atoms with E-state index in [1.807, 2.05) is 0 Å². The molecule has 2 N–H and O–H groups in total. The fraction of sp³-hybridized carbons (Fsp3) is 0. The van der Waals surface area contributed by atoms with Crippen LogP contribution in [0.25, 0.3) is 6.08 Å². The maximum Gasteiger partial charge on any atom is 0.269 e. The van der Waals surface area contributed by atoms with E-state index in [1.54, 1.807) is 54.7 Å². The summed E-state index contributed by atoms with van der Waals surface area (Å²) in [7, 11) is 0. The second kappa shape index (κ2) is 9.57. The van der Waals surface area contributed by atoms with Gasteiger partial charge in [0.2, 0.25) is 5.91 Å². The molecule has 1 aromatic heterocycles. The summed E-state index contributed by atoms with van der Waals surface area (Å²) in [6.07, 6.45) is 4.41. The van der Waals surface area contributed by atoms with Gasteiger partial charge in [-0.1, -0.05) is 6.07 Å². The lowest BCUT2D eigenvalue weighted by Gasteiger charge is -2.07. The summed E-state index contributed by atoms with van der Waals surface area (Å²) < 4.78 is 0.798. The van der Waals surface area contributed by atoms with Crippen LogP contribution in [-0.4, -0.2) is 21.7 Å². The maximum absolute atomic E-state index is 12.4. The van der Waals surface area contributed by atoms with Crippen molar-refractivity contribution in [1.29, 1.82) is 0 Å². The lowest BCUT2D eigenvalue weighted by atomic mass is 10.1. The highest BCUT2D eigenvalue weighted by Gasteiger charge is 2.09. The first kappa shape index (κ1) is 20.9. The molecule has 0 bridgehead atoms. The van der Waals surface area contributed by atoms with Gasteiger partial charge in [-0.05, 0) is 70.0 Å². The number of anilines is 2. The Balaban J connectivity index is 1.62. The Morgan fingerprint density at radius 2 is 1.80 bits per heavy atom. The molecule has 30 heavy (non-hydrogen) atoms. The number of amides is 2. The van der Waals surface area contributed by atoms with Crippen molar-refractivity contribution in [1.82, 2.24) is 4.98 Å². The third-order valence-corrected chi connectivity index (χ3v) is 4.36. The molecule has 0 saturated heterocycles. The number of rotatable bonds is 6. The van der Waals surface area contributed by atoms with Gasteiger partial charge < -0.3 is 10.6 Å². The Bertz CT molecular complexity index is 1110. The first-order valence-corrected chi connectivity index (χ1v) is 9.46. The van der Waals surface area contributed by atoms with Gasteiger partial charge in [-0.3, -0.25) is 19.7 Å². The lowest BCUT2D eigenvalue weighted by molar-refractivity contribution is -0.384. The fourth-order valence-electron chi connectivity index (χ4n) is 2.44. The van der Waals surface area contributed by atoms with Crippen molar-refractivity contribution in [3.05, 3.63) is 98.7 Å². The standard InChI is InChI=1S/C21H15BrN4O4/c22-16-7-10-19(23-13-16)25-21(28)15-2-1-3-17(12-15)24-20(27)11-6-14-4-8-18(9-5-14)26(29)30/h1-13H,(H,24,27)(H,23,25,28)/b11-6+. The Hall–Kier alpha value is -3.85. The zero-order valence-electron chi connectivity index (χ0n) is 15.4. The van der Waals surface area contributed by atoms with E-state index < -0.39 is 10.8 Å². The third kappa shape index (κ3) is 5.82. The number of carbonyl (C=O) groups is 2. The maximum atomic E-state index is 12.4. The average Bonchev–Trinajstić information content (AvgIpc) is 2.74. The third-order valence-electron chi connectivity index (χ3n) is 3.89. The van der Waals surface area contributed by atoms with Crippen LogP contribution < -0.4 is 10.6 Å². The van der Waals surface area contributed by atoms with Crippen LogP contribution in [0.4, 0.5) is 17.2 Å². The largest absolute Gasteiger partial charge is 0.322 e. The molecular formula is C21H15BrN4O4. The number of nitrogens with one attached hydrogen (secondary N) is 2. The molecule has 0 fully saturated rings. The van der Waals surface area contributed by atoms with Crippen LogP contribution in [-0.2, 0) is 4.79 Å². The molecule has 3 rings (SSSR count). The number of pyridine rings is 1. The number of nitro groups is 1. The molecule has 9 heteroatoms. The molecule has 0 aliphatic rings. The Kier molecular flexibility index (Phi) is 6.66. The monoisotopic (exact) mass is 466 g/mol. The van der Waals surface area contributed by atoms with E-state index in [4.69, 9.17) is 0 Å². The molecule has 0 atom stereocenters. The first-order chi connectivity index (χ1) is 14.4. The molecule has 0 aliphatic carbocycles. The molecule has 0 spiro atoms. The van der Waals surface area contributed by atoms with Gasteiger partial charge in [0.25, 0.3) is 11.6 Å². The van der Waals surface area contributed by atoms with Gasteiger partial charge in [0.1, 0.15) is 5.82 Å².